The topological polar surface area (TPSA) is 41.1 Å². The summed E-state index contributed by atoms with van der Waals surface area (Å²) in [4.78, 5) is 10.4. The Morgan fingerprint density at radius 3 is 2.83 bits per heavy atom. The quantitative estimate of drug-likeness (QED) is 0.802. The van der Waals surface area contributed by atoms with E-state index in [1.54, 1.807) is 17.5 Å². The average Bonchev–Trinajstić information content (AvgIpc) is 2.70. The Morgan fingerprint density at radius 1 is 1.39 bits per heavy atom. The Bertz CT molecular complexity index is 560. The van der Waals surface area contributed by atoms with Crippen molar-refractivity contribution in [3.63, 3.8) is 0 Å². The summed E-state index contributed by atoms with van der Waals surface area (Å²) >= 11 is 1.57. The summed E-state index contributed by atoms with van der Waals surface area (Å²) in [5, 5.41) is 4.44. The number of piperazine rings is 1. The van der Waals surface area contributed by atoms with Crippen LogP contribution in [0.4, 0.5) is 9.52 Å². The van der Waals surface area contributed by atoms with Crippen molar-refractivity contribution in [3.05, 3.63) is 18.2 Å². The van der Waals surface area contributed by atoms with Crippen LogP contribution in [0.3, 0.4) is 0 Å². The smallest absolute Gasteiger partial charge is 0.215 e. The average molecular weight is 266 g/mol. The van der Waals surface area contributed by atoms with Gasteiger partial charge in [-0.15, -0.1) is 0 Å². The van der Waals surface area contributed by atoms with Crippen LogP contribution in [0.25, 0.3) is 10.2 Å². The second-order valence-corrected chi connectivity index (χ2v) is 5.85. The minimum absolute atomic E-state index is 0.440. The van der Waals surface area contributed by atoms with Gasteiger partial charge in [-0.25, -0.2) is 9.97 Å². The van der Waals surface area contributed by atoms with Gasteiger partial charge in [0.25, 0.3) is 0 Å². The van der Waals surface area contributed by atoms with Gasteiger partial charge < -0.3 is 10.2 Å². The summed E-state index contributed by atoms with van der Waals surface area (Å²) in [6, 6.07) is 2.27. The molecule has 1 aliphatic heterocycles. The highest BCUT2D eigenvalue weighted by Gasteiger charge is 2.23. The van der Waals surface area contributed by atoms with Crippen LogP contribution in [-0.2, 0) is 0 Å². The molecule has 2 aromatic heterocycles. The Balaban J connectivity index is 1.93. The van der Waals surface area contributed by atoms with Gasteiger partial charge in [0.05, 0.1) is 10.2 Å². The van der Waals surface area contributed by atoms with Crippen molar-refractivity contribution in [3.8, 4) is 0 Å². The first-order valence-electron chi connectivity index (χ1n) is 6.05. The fourth-order valence-corrected chi connectivity index (χ4v) is 3.35. The van der Waals surface area contributed by atoms with Crippen molar-refractivity contribution in [1.29, 1.82) is 0 Å². The highest BCUT2D eigenvalue weighted by molar-refractivity contribution is 7.22. The Hall–Kier alpha value is -1.27. The van der Waals surface area contributed by atoms with Crippen molar-refractivity contribution in [2.24, 2.45) is 0 Å². The number of hydrogen-bond acceptors (Lipinski definition) is 5. The van der Waals surface area contributed by atoms with Crippen LogP contribution in [0.15, 0.2) is 12.3 Å². The largest absolute Gasteiger partial charge is 0.345 e. The molecule has 0 amide bonds. The molecule has 2 atom stereocenters. The molecule has 0 saturated carbocycles. The van der Waals surface area contributed by atoms with E-state index in [1.807, 2.05) is 0 Å². The number of rotatable bonds is 1. The molecule has 1 fully saturated rings. The molecule has 3 heterocycles. The van der Waals surface area contributed by atoms with Gasteiger partial charge in [0.15, 0.2) is 5.13 Å². The van der Waals surface area contributed by atoms with Gasteiger partial charge in [-0.05, 0) is 13.8 Å². The maximum absolute atomic E-state index is 13.0. The molecular weight excluding hydrogens is 251 g/mol. The number of hydrogen-bond donors (Lipinski definition) is 1. The zero-order valence-electron chi connectivity index (χ0n) is 10.4. The van der Waals surface area contributed by atoms with Crippen molar-refractivity contribution in [2.45, 2.75) is 25.9 Å². The molecule has 1 saturated heterocycles. The minimum Gasteiger partial charge on any atom is -0.345 e. The van der Waals surface area contributed by atoms with Gasteiger partial charge in [-0.3, -0.25) is 0 Å². The Kier molecular flexibility index (Phi) is 2.91. The number of pyridine rings is 1. The molecular formula is C12H15FN4S. The number of nitrogens with one attached hydrogen (secondary N) is 1. The van der Waals surface area contributed by atoms with Crippen LogP contribution >= 0.6 is 11.3 Å². The zero-order chi connectivity index (χ0) is 12.7. The van der Waals surface area contributed by atoms with Gasteiger partial charge in [-0.2, -0.15) is 4.39 Å². The van der Waals surface area contributed by atoms with Gasteiger partial charge in [-0.1, -0.05) is 11.3 Å². The third-order valence-electron chi connectivity index (χ3n) is 3.06. The first-order valence-corrected chi connectivity index (χ1v) is 6.86. The second-order valence-electron chi connectivity index (χ2n) is 4.84. The monoisotopic (exact) mass is 266 g/mol. The normalized spacial score (nSPS) is 24.7. The highest BCUT2D eigenvalue weighted by atomic mass is 32.1. The fraction of sp³-hybridized carbons (Fsp3) is 0.500. The molecule has 4 nitrogen and oxygen atoms in total. The summed E-state index contributed by atoms with van der Waals surface area (Å²) in [5.74, 6) is -0.471. The summed E-state index contributed by atoms with van der Waals surface area (Å²) in [6.45, 7) is 6.19. The molecule has 0 aromatic carbocycles. The minimum atomic E-state index is -0.471. The SMILES string of the molecule is C[C@@H]1CN(c2nc3cc(F)ncc3s2)C[C@H](C)N1. The molecule has 0 aliphatic carbocycles. The van der Waals surface area contributed by atoms with Crippen LogP contribution in [0.1, 0.15) is 13.8 Å². The number of aromatic nitrogens is 2. The second kappa shape index (κ2) is 4.44. The van der Waals surface area contributed by atoms with Crippen molar-refractivity contribution < 1.29 is 4.39 Å². The van der Waals surface area contributed by atoms with E-state index >= 15 is 0 Å². The van der Waals surface area contributed by atoms with E-state index in [-0.39, 0.29) is 0 Å². The van der Waals surface area contributed by atoms with Gasteiger partial charge in [0.1, 0.15) is 0 Å². The first kappa shape index (κ1) is 11.8. The number of nitrogens with zero attached hydrogens (tertiary/aromatic N) is 3. The molecule has 3 rings (SSSR count). The van der Waals surface area contributed by atoms with E-state index in [0.29, 0.717) is 17.6 Å². The number of thiazole rings is 1. The van der Waals surface area contributed by atoms with E-state index < -0.39 is 5.95 Å². The number of anilines is 1. The molecule has 6 heteroatoms. The maximum atomic E-state index is 13.0. The molecule has 18 heavy (non-hydrogen) atoms. The molecule has 2 aromatic rings. The lowest BCUT2D eigenvalue weighted by atomic mass is 10.2. The summed E-state index contributed by atoms with van der Waals surface area (Å²) in [7, 11) is 0. The lowest BCUT2D eigenvalue weighted by Gasteiger charge is -2.35. The zero-order valence-corrected chi connectivity index (χ0v) is 11.2. The standard InChI is InChI=1S/C12H15FN4S/c1-7-5-17(6-8(2)15-7)12-16-9-3-11(13)14-4-10(9)18-12/h3-4,7-8,15H,5-6H2,1-2H3/t7-,8+. The predicted molar refractivity (Wildman–Crippen MR) is 71.6 cm³/mol. The van der Waals surface area contributed by atoms with Crippen molar-refractivity contribution in [1.82, 2.24) is 15.3 Å². The lowest BCUT2D eigenvalue weighted by molar-refractivity contribution is 0.407. The number of fused-ring (bicyclic) bond motifs is 1. The van der Waals surface area contributed by atoms with E-state index in [4.69, 9.17) is 0 Å². The van der Waals surface area contributed by atoms with Gasteiger partial charge in [0.2, 0.25) is 5.95 Å². The molecule has 0 bridgehead atoms. The van der Waals surface area contributed by atoms with Crippen molar-refractivity contribution in [2.75, 3.05) is 18.0 Å². The molecule has 96 valence electrons. The van der Waals surface area contributed by atoms with Gasteiger partial charge in [0, 0.05) is 37.4 Å². The molecule has 0 radical (unpaired) electrons. The van der Waals surface area contributed by atoms with Crippen LogP contribution in [-0.4, -0.2) is 35.1 Å². The summed E-state index contributed by atoms with van der Waals surface area (Å²) in [6.07, 6.45) is 1.56. The molecule has 1 N–H and O–H groups in total. The van der Waals surface area contributed by atoms with Crippen molar-refractivity contribution >= 4 is 26.7 Å². The van der Waals surface area contributed by atoms with E-state index in [0.717, 1.165) is 22.9 Å². The van der Waals surface area contributed by atoms with Crippen LogP contribution in [0, 0.1) is 5.95 Å². The first-order chi connectivity index (χ1) is 8.61. The third-order valence-corrected chi connectivity index (χ3v) is 4.13. The lowest BCUT2D eigenvalue weighted by Crippen LogP contribution is -2.54. The molecule has 1 aliphatic rings. The van der Waals surface area contributed by atoms with Crippen LogP contribution in [0.2, 0.25) is 0 Å². The Labute approximate surface area is 109 Å². The fourth-order valence-electron chi connectivity index (χ4n) is 2.42. The van der Waals surface area contributed by atoms with E-state index in [1.165, 1.54) is 6.07 Å². The highest BCUT2D eigenvalue weighted by Crippen LogP contribution is 2.29. The summed E-state index contributed by atoms with van der Waals surface area (Å²) in [5.41, 5.74) is 0.696. The molecule has 0 unspecified atom stereocenters. The van der Waals surface area contributed by atoms with Gasteiger partial charge >= 0.3 is 0 Å². The number of halogens is 1. The maximum Gasteiger partial charge on any atom is 0.215 e. The summed E-state index contributed by atoms with van der Waals surface area (Å²) < 4.78 is 14.0. The molecule has 0 spiro atoms. The van der Waals surface area contributed by atoms with E-state index in [9.17, 15) is 4.39 Å². The van der Waals surface area contributed by atoms with Crippen LogP contribution in [0.5, 0.6) is 0 Å². The Morgan fingerprint density at radius 2 is 2.11 bits per heavy atom. The van der Waals surface area contributed by atoms with Crippen LogP contribution < -0.4 is 10.2 Å². The predicted octanol–water partition coefficient (Wildman–Crippen LogP) is 2.02. The third kappa shape index (κ3) is 2.18. The van der Waals surface area contributed by atoms with E-state index in [2.05, 4.69) is 34.0 Å².